The van der Waals surface area contributed by atoms with Crippen LogP contribution in [0.4, 0.5) is 5.69 Å². The molecule has 3 heterocycles. The van der Waals surface area contributed by atoms with Crippen molar-refractivity contribution >= 4 is 48.9 Å². The second kappa shape index (κ2) is 7.07. The van der Waals surface area contributed by atoms with E-state index in [-0.39, 0.29) is 10.8 Å². The molecule has 2 aromatic rings. The molecule has 0 unspecified atom stereocenters. The summed E-state index contributed by atoms with van der Waals surface area (Å²) in [4.78, 5) is 15.3. The Morgan fingerprint density at radius 3 is 2.62 bits per heavy atom. The Morgan fingerprint density at radius 1 is 1.08 bits per heavy atom. The minimum Gasteiger partial charge on any atom is -0.307 e. The number of sulfonamides is 1. The van der Waals surface area contributed by atoms with E-state index in [0.717, 1.165) is 41.4 Å². The summed E-state index contributed by atoms with van der Waals surface area (Å²) in [5, 5.41) is 1.70. The molecule has 0 spiro atoms. The highest BCUT2D eigenvalue weighted by Gasteiger charge is 2.34. The van der Waals surface area contributed by atoms with E-state index < -0.39 is 10.0 Å². The number of nitrogens with zero attached hydrogens (tertiary/aromatic N) is 2. The highest BCUT2D eigenvalue weighted by molar-refractivity contribution is 9.10. The molecule has 1 saturated heterocycles. The Hall–Kier alpha value is -1.22. The number of thiophene rings is 1. The smallest absolute Gasteiger partial charge is 0.269 e. The number of halogens is 1. The zero-order valence-electron chi connectivity index (χ0n) is 14.2. The van der Waals surface area contributed by atoms with Crippen LogP contribution in [0.15, 0.2) is 39.0 Å². The van der Waals surface area contributed by atoms with E-state index in [1.165, 1.54) is 15.6 Å². The van der Waals surface area contributed by atoms with Crippen LogP contribution in [0.25, 0.3) is 0 Å². The van der Waals surface area contributed by atoms with E-state index in [0.29, 0.717) is 24.5 Å². The second-order valence-electron chi connectivity index (χ2n) is 6.56. The maximum atomic E-state index is 13.1. The molecule has 8 heteroatoms. The van der Waals surface area contributed by atoms with Gasteiger partial charge in [-0.2, -0.15) is 4.31 Å². The van der Waals surface area contributed by atoms with Gasteiger partial charge in [-0.3, -0.25) is 4.79 Å². The van der Waals surface area contributed by atoms with Gasteiger partial charge in [0.1, 0.15) is 9.77 Å². The molecule has 2 aliphatic heterocycles. The molecule has 0 radical (unpaired) electrons. The molecule has 4 rings (SSSR count). The standard InChI is InChI=1S/C18H19BrN2O3S2/c19-14-4-5-15-13(12-14)6-10-21(15)18(22)17-16(7-11-25-17)26(23,24)20-8-2-1-3-9-20/h4-5,7,11-12H,1-3,6,8-10H2. The maximum absolute atomic E-state index is 13.1. The van der Waals surface area contributed by atoms with Gasteiger partial charge in [0.25, 0.3) is 5.91 Å². The Morgan fingerprint density at radius 2 is 1.85 bits per heavy atom. The summed E-state index contributed by atoms with van der Waals surface area (Å²) < 4.78 is 28.6. The molecule has 5 nitrogen and oxygen atoms in total. The van der Waals surface area contributed by atoms with Crippen molar-refractivity contribution in [1.29, 1.82) is 0 Å². The van der Waals surface area contributed by atoms with E-state index in [4.69, 9.17) is 0 Å². The number of piperidine rings is 1. The Balaban J connectivity index is 1.67. The van der Waals surface area contributed by atoms with Crippen LogP contribution in [0.1, 0.15) is 34.5 Å². The summed E-state index contributed by atoms with van der Waals surface area (Å²) in [6.07, 6.45) is 3.59. The van der Waals surface area contributed by atoms with Crippen molar-refractivity contribution in [2.45, 2.75) is 30.6 Å². The molecule has 1 aromatic carbocycles. The number of amides is 1. The molecule has 1 fully saturated rings. The first-order valence-corrected chi connectivity index (χ1v) is 11.8. The lowest BCUT2D eigenvalue weighted by molar-refractivity contribution is 0.0990. The van der Waals surface area contributed by atoms with Crippen molar-refractivity contribution in [3.63, 3.8) is 0 Å². The van der Waals surface area contributed by atoms with Crippen LogP contribution < -0.4 is 4.90 Å². The second-order valence-corrected chi connectivity index (χ2v) is 10.3. The third-order valence-electron chi connectivity index (χ3n) is 4.94. The van der Waals surface area contributed by atoms with Gasteiger partial charge in [-0.05, 0) is 54.5 Å². The van der Waals surface area contributed by atoms with E-state index in [1.54, 1.807) is 16.3 Å². The zero-order chi connectivity index (χ0) is 18.3. The fraction of sp³-hybridized carbons (Fsp3) is 0.389. The molecule has 1 amide bonds. The van der Waals surface area contributed by atoms with Gasteiger partial charge in [0.15, 0.2) is 0 Å². The fourth-order valence-electron chi connectivity index (χ4n) is 3.60. The topological polar surface area (TPSA) is 57.7 Å². The average Bonchev–Trinajstić information content (AvgIpc) is 3.29. The van der Waals surface area contributed by atoms with Gasteiger partial charge in [0, 0.05) is 29.8 Å². The molecule has 138 valence electrons. The highest BCUT2D eigenvalue weighted by atomic mass is 79.9. The van der Waals surface area contributed by atoms with E-state index in [2.05, 4.69) is 15.9 Å². The summed E-state index contributed by atoms with van der Waals surface area (Å²) in [7, 11) is -3.62. The number of fused-ring (bicyclic) bond motifs is 1. The molecule has 0 aliphatic carbocycles. The number of hydrogen-bond donors (Lipinski definition) is 0. The van der Waals surface area contributed by atoms with Crippen LogP contribution in [0, 0.1) is 0 Å². The third-order valence-corrected chi connectivity index (χ3v) is 8.40. The summed E-state index contributed by atoms with van der Waals surface area (Å²) in [6.45, 7) is 1.64. The van der Waals surface area contributed by atoms with Crippen molar-refractivity contribution in [2.75, 3.05) is 24.5 Å². The monoisotopic (exact) mass is 454 g/mol. The number of hydrogen-bond acceptors (Lipinski definition) is 4. The lowest BCUT2D eigenvalue weighted by Gasteiger charge is -2.26. The first-order valence-electron chi connectivity index (χ1n) is 8.66. The molecule has 0 bridgehead atoms. The molecular formula is C18H19BrN2O3S2. The van der Waals surface area contributed by atoms with Crippen LogP contribution in [0.5, 0.6) is 0 Å². The fourth-order valence-corrected chi connectivity index (χ4v) is 6.87. The number of carbonyl (C=O) groups is 1. The number of carbonyl (C=O) groups excluding carboxylic acids is 1. The summed E-state index contributed by atoms with van der Waals surface area (Å²) in [6, 6.07) is 7.41. The molecule has 26 heavy (non-hydrogen) atoms. The largest absolute Gasteiger partial charge is 0.307 e. The van der Waals surface area contributed by atoms with Crippen molar-refractivity contribution < 1.29 is 13.2 Å². The number of rotatable bonds is 3. The SMILES string of the molecule is O=C(c1sccc1S(=O)(=O)N1CCCCC1)N1CCc2cc(Br)ccc21. The Bertz CT molecular complexity index is 949. The maximum Gasteiger partial charge on any atom is 0.269 e. The van der Waals surface area contributed by atoms with Gasteiger partial charge in [0.2, 0.25) is 10.0 Å². The van der Waals surface area contributed by atoms with Gasteiger partial charge >= 0.3 is 0 Å². The van der Waals surface area contributed by atoms with E-state index in [9.17, 15) is 13.2 Å². The van der Waals surface area contributed by atoms with E-state index >= 15 is 0 Å². The molecule has 0 atom stereocenters. The van der Waals surface area contributed by atoms with Gasteiger partial charge < -0.3 is 4.90 Å². The molecule has 0 saturated carbocycles. The Labute approximate surface area is 165 Å². The minimum absolute atomic E-state index is 0.153. The van der Waals surface area contributed by atoms with Gasteiger partial charge in [0.05, 0.1) is 0 Å². The van der Waals surface area contributed by atoms with Gasteiger partial charge in [-0.15, -0.1) is 11.3 Å². The summed E-state index contributed by atoms with van der Waals surface area (Å²) in [5.41, 5.74) is 1.97. The van der Waals surface area contributed by atoms with Crippen molar-refractivity contribution in [2.24, 2.45) is 0 Å². The molecule has 2 aliphatic rings. The highest BCUT2D eigenvalue weighted by Crippen LogP contribution is 2.34. The molecule has 1 aromatic heterocycles. The first-order chi connectivity index (χ1) is 12.5. The summed E-state index contributed by atoms with van der Waals surface area (Å²) >= 11 is 4.66. The van der Waals surface area contributed by atoms with E-state index in [1.807, 2.05) is 18.2 Å². The number of anilines is 1. The zero-order valence-corrected chi connectivity index (χ0v) is 17.4. The van der Waals surface area contributed by atoms with Crippen LogP contribution in [0.3, 0.4) is 0 Å². The van der Waals surface area contributed by atoms with Crippen molar-refractivity contribution in [1.82, 2.24) is 4.31 Å². The lowest BCUT2D eigenvalue weighted by Crippen LogP contribution is -2.37. The Kier molecular flexibility index (Phi) is 4.94. The molecule has 0 N–H and O–H groups in total. The quantitative estimate of drug-likeness (QED) is 0.706. The normalized spacial score (nSPS) is 18.1. The number of benzene rings is 1. The van der Waals surface area contributed by atoms with Gasteiger partial charge in [-0.25, -0.2) is 8.42 Å². The first kappa shape index (κ1) is 18.2. The van der Waals surface area contributed by atoms with Crippen molar-refractivity contribution in [3.8, 4) is 0 Å². The van der Waals surface area contributed by atoms with Crippen LogP contribution in [-0.4, -0.2) is 38.3 Å². The molecular weight excluding hydrogens is 436 g/mol. The van der Waals surface area contributed by atoms with Crippen molar-refractivity contribution in [3.05, 3.63) is 44.6 Å². The third kappa shape index (κ3) is 3.13. The van der Waals surface area contributed by atoms with Gasteiger partial charge in [-0.1, -0.05) is 22.4 Å². The average molecular weight is 455 g/mol. The predicted molar refractivity (Wildman–Crippen MR) is 106 cm³/mol. The van der Waals surface area contributed by atoms with Crippen LogP contribution in [0.2, 0.25) is 0 Å². The van der Waals surface area contributed by atoms with Crippen LogP contribution in [-0.2, 0) is 16.4 Å². The van der Waals surface area contributed by atoms with Crippen LogP contribution >= 0.6 is 27.3 Å². The lowest BCUT2D eigenvalue weighted by atomic mass is 10.2. The predicted octanol–water partition coefficient (Wildman–Crippen LogP) is 3.89. The summed E-state index contributed by atoms with van der Waals surface area (Å²) in [5.74, 6) is -0.225. The minimum atomic E-state index is -3.62.